The Bertz CT molecular complexity index is 633. The molecule has 2 N–H and O–H groups in total. The van der Waals surface area contributed by atoms with Crippen molar-refractivity contribution in [2.75, 3.05) is 17.1 Å². The van der Waals surface area contributed by atoms with Gasteiger partial charge >= 0.3 is 0 Å². The molecular weight excluding hydrogens is 256 g/mol. The maximum Gasteiger partial charge on any atom is 0.264 e. The summed E-state index contributed by atoms with van der Waals surface area (Å²) in [6, 6.07) is 4.52. The van der Waals surface area contributed by atoms with Crippen molar-refractivity contribution >= 4 is 21.7 Å². The second-order valence-electron chi connectivity index (χ2n) is 3.56. The number of anilines is 2. The summed E-state index contributed by atoms with van der Waals surface area (Å²) in [7, 11) is -1.99. The number of rotatable bonds is 4. The average molecular weight is 268 g/mol. The molecule has 2 aromatic heterocycles. The first kappa shape index (κ1) is 12.4. The van der Waals surface area contributed by atoms with Gasteiger partial charge in [0.2, 0.25) is 0 Å². The molecule has 0 unspecified atom stereocenters. The first-order chi connectivity index (χ1) is 8.51. The number of nitrogens with one attached hydrogen (secondary N) is 2. The Balaban J connectivity index is 2.24. The topological polar surface area (TPSA) is 97.1 Å². The van der Waals surface area contributed by atoms with Gasteiger partial charge in [0.05, 0.1) is 0 Å². The third-order valence-corrected chi connectivity index (χ3v) is 3.51. The molecule has 0 fully saturated rings. The fourth-order valence-corrected chi connectivity index (χ4v) is 2.23. The molecular formula is C10H12N4O3S. The van der Waals surface area contributed by atoms with E-state index in [9.17, 15) is 8.42 Å². The zero-order chi connectivity index (χ0) is 13.2. The molecule has 0 aromatic carbocycles. The normalized spacial score (nSPS) is 11.2. The first-order valence-electron chi connectivity index (χ1n) is 5.11. The van der Waals surface area contributed by atoms with E-state index in [2.05, 4.69) is 20.2 Å². The molecule has 0 aliphatic heterocycles. The monoisotopic (exact) mass is 268 g/mol. The molecule has 0 bridgehead atoms. The van der Waals surface area contributed by atoms with E-state index in [1.807, 2.05) is 0 Å². The average Bonchev–Trinajstić information content (AvgIpc) is 2.74. The SMILES string of the molecule is CNc1ccc(S(=O)(=O)Nc2cc(C)on2)cn1. The predicted octanol–water partition coefficient (Wildman–Crippen LogP) is 1.22. The van der Waals surface area contributed by atoms with Crippen molar-refractivity contribution in [3.63, 3.8) is 0 Å². The summed E-state index contributed by atoms with van der Waals surface area (Å²) in [4.78, 5) is 3.99. The molecule has 0 aliphatic rings. The number of sulfonamides is 1. The lowest BCUT2D eigenvalue weighted by atomic mass is 10.5. The van der Waals surface area contributed by atoms with Crippen molar-refractivity contribution in [2.45, 2.75) is 11.8 Å². The van der Waals surface area contributed by atoms with Crippen molar-refractivity contribution in [1.82, 2.24) is 10.1 Å². The Morgan fingerprint density at radius 3 is 2.56 bits per heavy atom. The van der Waals surface area contributed by atoms with Gasteiger partial charge < -0.3 is 9.84 Å². The van der Waals surface area contributed by atoms with E-state index in [1.165, 1.54) is 18.3 Å². The van der Waals surface area contributed by atoms with E-state index in [4.69, 9.17) is 4.52 Å². The lowest BCUT2D eigenvalue weighted by Gasteiger charge is -2.05. The Labute approximate surface area is 104 Å². The quantitative estimate of drug-likeness (QED) is 0.865. The molecule has 7 nitrogen and oxygen atoms in total. The number of nitrogens with zero attached hydrogens (tertiary/aromatic N) is 2. The molecule has 0 saturated carbocycles. The number of hydrogen-bond donors (Lipinski definition) is 2. The van der Waals surface area contributed by atoms with Crippen LogP contribution in [0.2, 0.25) is 0 Å². The second kappa shape index (κ2) is 4.65. The Hall–Kier alpha value is -2.09. The van der Waals surface area contributed by atoms with Crippen LogP contribution in [0.4, 0.5) is 11.6 Å². The summed E-state index contributed by atoms with van der Waals surface area (Å²) in [5.74, 6) is 1.26. The van der Waals surface area contributed by atoms with E-state index in [-0.39, 0.29) is 10.7 Å². The van der Waals surface area contributed by atoms with Gasteiger partial charge in [-0.05, 0) is 19.1 Å². The van der Waals surface area contributed by atoms with Crippen molar-refractivity contribution < 1.29 is 12.9 Å². The maximum absolute atomic E-state index is 12.0. The van der Waals surface area contributed by atoms with E-state index in [1.54, 1.807) is 20.0 Å². The van der Waals surface area contributed by atoms with E-state index < -0.39 is 10.0 Å². The third kappa shape index (κ3) is 2.59. The molecule has 0 atom stereocenters. The molecule has 18 heavy (non-hydrogen) atoms. The smallest absolute Gasteiger partial charge is 0.264 e. The van der Waals surface area contributed by atoms with Crippen LogP contribution in [0.3, 0.4) is 0 Å². The van der Waals surface area contributed by atoms with Crippen LogP contribution < -0.4 is 10.0 Å². The first-order valence-corrected chi connectivity index (χ1v) is 6.59. The van der Waals surface area contributed by atoms with Crippen molar-refractivity contribution in [3.05, 3.63) is 30.2 Å². The summed E-state index contributed by atoms with van der Waals surface area (Å²) >= 11 is 0. The van der Waals surface area contributed by atoms with Crippen LogP contribution in [0.15, 0.2) is 33.8 Å². The van der Waals surface area contributed by atoms with E-state index in [0.29, 0.717) is 11.6 Å². The summed E-state index contributed by atoms with van der Waals surface area (Å²) in [6.07, 6.45) is 1.26. The van der Waals surface area contributed by atoms with Gasteiger partial charge in [-0.15, -0.1) is 0 Å². The van der Waals surface area contributed by atoms with Gasteiger partial charge in [-0.25, -0.2) is 13.4 Å². The summed E-state index contributed by atoms with van der Waals surface area (Å²) in [6.45, 7) is 1.67. The molecule has 8 heteroatoms. The number of aryl methyl sites for hydroxylation is 1. The predicted molar refractivity (Wildman–Crippen MR) is 65.8 cm³/mol. The van der Waals surface area contributed by atoms with Gasteiger partial charge in [0.15, 0.2) is 5.82 Å². The van der Waals surface area contributed by atoms with Crippen LogP contribution in [0.25, 0.3) is 0 Å². The zero-order valence-corrected chi connectivity index (χ0v) is 10.7. The fourth-order valence-electron chi connectivity index (χ4n) is 1.30. The van der Waals surface area contributed by atoms with Gasteiger partial charge in [-0.2, -0.15) is 0 Å². The molecule has 0 spiro atoms. The molecule has 0 saturated heterocycles. The van der Waals surface area contributed by atoms with Crippen molar-refractivity contribution in [2.24, 2.45) is 0 Å². The minimum absolute atomic E-state index is 0.0575. The van der Waals surface area contributed by atoms with Gasteiger partial charge in [-0.3, -0.25) is 4.72 Å². The lowest BCUT2D eigenvalue weighted by molar-refractivity contribution is 0.400. The number of pyridine rings is 1. The van der Waals surface area contributed by atoms with Gasteiger partial charge in [-0.1, -0.05) is 5.16 Å². The summed E-state index contributed by atoms with van der Waals surface area (Å²) in [5.41, 5.74) is 0. The van der Waals surface area contributed by atoms with Crippen LogP contribution >= 0.6 is 0 Å². The van der Waals surface area contributed by atoms with Crippen LogP contribution in [-0.2, 0) is 10.0 Å². The molecule has 0 amide bonds. The van der Waals surface area contributed by atoms with E-state index >= 15 is 0 Å². The Morgan fingerprint density at radius 1 is 1.28 bits per heavy atom. The summed E-state index contributed by atoms with van der Waals surface area (Å²) < 4.78 is 31.0. The fraction of sp³-hybridized carbons (Fsp3) is 0.200. The van der Waals surface area contributed by atoms with Crippen molar-refractivity contribution in [1.29, 1.82) is 0 Å². The Kier molecular flexibility index (Phi) is 3.19. The third-order valence-electron chi connectivity index (χ3n) is 2.17. The van der Waals surface area contributed by atoms with Crippen LogP contribution in [0, 0.1) is 6.92 Å². The van der Waals surface area contributed by atoms with Gasteiger partial charge in [0.25, 0.3) is 10.0 Å². The minimum atomic E-state index is -3.69. The van der Waals surface area contributed by atoms with Crippen LogP contribution in [-0.4, -0.2) is 25.6 Å². The van der Waals surface area contributed by atoms with Crippen LogP contribution in [0.1, 0.15) is 5.76 Å². The standard InChI is InChI=1S/C10H12N4O3S/c1-7-5-10(13-17-7)14-18(15,16)8-3-4-9(11-2)12-6-8/h3-6H,1-2H3,(H,11,12)(H,13,14). The molecule has 0 aliphatic carbocycles. The molecule has 0 radical (unpaired) electrons. The highest BCUT2D eigenvalue weighted by Gasteiger charge is 2.16. The molecule has 2 aromatic rings. The largest absolute Gasteiger partial charge is 0.373 e. The highest BCUT2D eigenvalue weighted by molar-refractivity contribution is 7.92. The summed E-state index contributed by atoms with van der Waals surface area (Å²) in [5, 5.41) is 6.37. The van der Waals surface area contributed by atoms with Gasteiger partial charge in [0, 0.05) is 19.3 Å². The highest BCUT2D eigenvalue weighted by Crippen LogP contribution is 2.16. The number of aromatic nitrogens is 2. The van der Waals surface area contributed by atoms with E-state index in [0.717, 1.165) is 0 Å². The van der Waals surface area contributed by atoms with Crippen molar-refractivity contribution in [3.8, 4) is 0 Å². The highest BCUT2D eigenvalue weighted by atomic mass is 32.2. The molecule has 2 heterocycles. The van der Waals surface area contributed by atoms with Crippen LogP contribution in [0.5, 0.6) is 0 Å². The molecule has 96 valence electrons. The van der Waals surface area contributed by atoms with Gasteiger partial charge in [0.1, 0.15) is 16.5 Å². The zero-order valence-electron chi connectivity index (χ0n) is 9.84. The second-order valence-corrected chi connectivity index (χ2v) is 5.24. The molecule has 2 rings (SSSR count). The number of hydrogen-bond acceptors (Lipinski definition) is 6. The Morgan fingerprint density at radius 2 is 2.06 bits per heavy atom. The lowest BCUT2D eigenvalue weighted by Crippen LogP contribution is -2.13. The minimum Gasteiger partial charge on any atom is -0.373 e. The maximum atomic E-state index is 12.0.